The Kier molecular flexibility index (Phi) is 2.77. The number of hydrogen-bond donors (Lipinski definition) is 0. The van der Waals surface area contributed by atoms with Crippen molar-refractivity contribution in [2.75, 3.05) is 6.54 Å². The van der Waals surface area contributed by atoms with Crippen molar-refractivity contribution in [2.24, 2.45) is 0 Å². The van der Waals surface area contributed by atoms with Crippen molar-refractivity contribution in [2.45, 2.75) is 20.0 Å². The molecule has 0 saturated heterocycles. The highest BCUT2D eigenvalue weighted by molar-refractivity contribution is 5.93. The van der Waals surface area contributed by atoms with Crippen molar-refractivity contribution in [1.29, 1.82) is 0 Å². The minimum absolute atomic E-state index is 0.197. The number of aromatic nitrogens is 3. The number of amides is 1. The Bertz CT molecular complexity index is 637. The average Bonchev–Trinajstić information content (AvgIpc) is 2.76. The fourth-order valence-corrected chi connectivity index (χ4v) is 2.29. The number of hydrogen-bond acceptors (Lipinski definition) is 3. The third kappa shape index (κ3) is 2.21. The summed E-state index contributed by atoms with van der Waals surface area (Å²) in [4.78, 5) is 17.7. The lowest BCUT2D eigenvalue weighted by Gasteiger charge is -2.27. The van der Waals surface area contributed by atoms with Crippen LogP contribution in [0.15, 0.2) is 24.5 Å². The lowest BCUT2D eigenvalue weighted by atomic mass is 10.2. The predicted octanol–water partition coefficient (Wildman–Crippen LogP) is 1.38. The zero-order valence-electron chi connectivity index (χ0n) is 10.5. The number of pyridine rings is 1. The summed E-state index contributed by atoms with van der Waals surface area (Å²) in [5.74, 6) is -0.694. The van der Waals surface area contributed by atoms with Crippen LogP contribution in [0.4, 0.5) is 4.39 Å². The number of rotatable bonds is 1. The predicted molar refractivity (Wildman–Crippen MR) is 65.9 cm³/mol. The highest BCUT2D eigenvalue weighted by Gasteiger charge is 2.23. The third-order valence-electron chi connectivity index (χ3n) is 3.16. The van der Waals surface area contributed by atoms with Crippen LogP contribution >= 0.6 is 0 Å². The third-order valence-corrected chi connectivity index (χ3v) is 3.16. The first-order chi connectivity index (χ1) is 9.13. The topological polar surface area (TPSA) is 51.0 Å². The van der Waals surface area contributed by atoms with Crippen LogP contribution in [0.2, 0.25) is 0 Å². The highest BCUT2D eigenvalue weighted by Crippen LogP contribution is 2.16. The van der Waals surface area contributed by atoms with Crippen LogP contribution in [0.1, 0.15) is 21.7 Å². The van der Waals surface area contributed by atoms with Gasteiger partial charge in [0.15, 0.2) is 0 Å². The number of fused-ring (bicyclic) bond motifs is 1. The maximum absolute atomic E-state index is 13.1. The first kappa shape index (κ1) is 11.8. The second-order valence-electron chi connectivity index (χ2n) is 4.62. The number of nitrogens with zero attached hydrogens (tertiary/aromatic N) is 4. The molecule has 0 radical (unpaired) electrons. The first-order valence-corrected chi connectivity index (χ1v) is 6.06. The van der Waals surface area contributed by atoms with Crippen LogP contribution in [-0.4, -0.2) is 32.1 Å². The molecule has 0 atom stereocenters. The lowest BCUT2D eigenvalue weighted by molar-refractivity contribution is 0.0705. The van der Waals surface area contributed by atoms with Gasteiger partial charge in [-0.2, -0.15) is 5.10 Å². The maximum atomic E-state index is 13.1. The molecule has 0 saturated carbocycles. The number of carbonyl (C=O) groups excluding carboxylic acids is 1. The molecule has 0 spiro atoms. The Morgan fingerprint density at radius 2 is 2.16 bits per heavy atom. The molecule has 0 aliphatic carbocycles. The molecule has 19 heavy (non-hydrogen) atoms. The highest BCUT2D eigenvalue weighted by atomic mass is 19.1. The lowest BCUT2D eigenvalue weighted by Crippen LogP contribution is -2.38. The second-order valence-corrected chi connectivity index (χ2v) is 4.62. The molecule has 2 aromatic rings. The van der Waals surface area contributed by atoms with Gasteiger partial charge in [0, 0.05) is 12.7 Å². The average molecular weight is 260 g/mol. The van der Waals surface area contributed by atoms with Crippen molar-refractivity contribution in [3.05, 3.63) is 47.3 Å². The maximum Gasteiger partial charge on any atom is 0.255 e. The molecular weight excluding hydrogens is 247 g/mol. The smallest absolute Gasteiger partial charge is 0.255 e. The molecule has 3 rings (SSSR count). The van der Waals surface area contributed by atoms with Gasteiger partial charge in [-0.05, 0) is 19.1 Å². The Balaban J connectivity index is 1.83. The molecule has 6 heteroatoms. The van der Waals surface area contributed by atoms with Crippen LogP contribution in [0.3, 0.4) is 0 Å². The van der Waals surface area contributed by atoms with E-state index in [0.717, 1.165) is 17.6 Å². The summed E-state index contributed by atoms with van der Waals surface area (Å²) < 4.78 is 15.0. The van der Waals surface area contributed by atoms with Crippen molar-refractivity contribution in [3.8, 4) is 0 Å². The van der Waals surface area contributed by atoms with Gasteiger partial charge in [-0.25, -0.2) is 4.39 Å². The van der Waals surface area contributed by atoms with Crippen molar-refractivity contribution in [3.63, 3.8) is 0 Å². The van der Waals surface area contributed by atoms with E-state index in [4.69, 9.17) is 0 Å². The van der Waals surface area contributed by atoms with E-state index in [-0.39, 0.29) is 11.5 Å². The van der Waals surface area contributed by atoms with Gasteiger partial charge in [0.25, 0.3) is 5.91 Å². The summed E-state index contributed by atoms with van der Waals surface area (Å²) in [6.45, 7) is 3.66. The molecule has 0 N–H and O–H groups in total. The zero-order valence-corrected chi connectivity index (χ0v) is 10.5. The van der Waals surface area contributed by atoms with Crippen LogP contribution in [-0.2, 0) is 13.1 Å². The molecule has 1 amide bonds. The van der Waals surface area contributed by atoms with Gasteiger partial charge in [0.2, 0.25) is 0 Å². The summed E-state index contributed by atoms with van der Waals surface area (Å²) in [7, 11) is 0. The summed E-state index contributed by atoms with van der Waals surface area (Å²) in [6, 6.07) is 3.18. The van der Waals surface area contributed by atoms with E-state index in [2.05, 4.69) is 10.1 Å². The summed E-state index contributed by atoms with van der Waals surface area (Å²) in [6.07, 6.45) is 2.48. The minimum atomic E-state index is -0.497. The van der Waals surface area contributed by atoms with Gasteiger partial charge in [0.1, 0.15) is 5.82 Å². The van der Waals surface area contributed by atoms with Gasteiger partial charge in [-0.15, -0.1) is 0 Å². The van der Waals surface area contributed by atoms with E-state index in [1.54, 1.807) is 4.90 Å². The van der Waals surface area contributed by atoms with E-state index in [1.165, 1.54) is 12.3 Å². The minimum Gasteiger partial charge on any atom is -0.331 e. The Morgan fingerprint density at radius 1 is 1.32 bits per heavy atom. The molecule has 98 valence electrons. The van der Waals surface area contributed by atoms with Crippen LogP contribution < -0.4 is 0 Å². The van der Waals surface area contributed by atoms with E-state index >= 15 is 0 Å². The van der Waals surface area contributed by atoms with Crippen molar-refractivity contribution in [1.82, 2.24) is 19.7 Å². The molecule has 2 aromatic heterocycles. The molecule has 0 bridgehead atoms. The number of carbonyl (C=O) groups is 1. The number of halogens is 1. The molecule has 0 unspecified atom stereocenters. The molecule has 0 fully saturated rings. The Hall–Kier alpha value is -2.24. The van der Waals surface area contributed by atoms with Crippen LogP contribution in [0.25, 0.3) is 0 Å². The van der Waals surface area contributed by atoms with Gasteiger partial charge in [-0.3, -0.25) is 14.5 Å². The van der Waals surface area contributed by atoms with Crippen LogP contribution in [0, 0.1) is 12.7 Å². The molecule has 1 aliphatic heterocycles. The molecule has 0 aromatic carbocycles. The van der Waals surface area contributed by atoms with Crippen LogP contribution in [0.5, 0.6) is 0 Å². The fraction of sp³-hybridized carbons (Fsp3) is 0.308. The molecule has 3 heterocycles. The summed E-state index contributed by atoms with van der Waals surface area (Å²) in [5.41, 5.74) is 2.22. The molecular formula is C13H13FN4O. The van der Waals surface area contributed by atoms with Gasteiger partial charge in [0.05, 0.1) is 36.2 Å². The Labute approximate surface area is 109 Å². The Morgan fingerprint density at radius 3 is 2.95 bits per heavy atom. The number of aryl methyl sites for hydroxylation is 1. The fourth-order valence-electron chi connectivity index (χ4n) is 2.29. The van der Waals surface area contributed by atoms with E-state index in [9.17, 15) is 9.18 Å². The SMILES string of the molecule is Cc1cc2n(n1)CCN(C(=O)c1cncc(F)c1)C2. The van der Waals surface area contributed by atoms with Crippen molar-refractivity contribution < 1.29 is 9.18 Å². The monoisotopic (exact) mass is 260 g/mol. The van der Waals surface area contributed by atoms with Gasteiger partial charge >= 0.3 is 0 Å². The largest absolute Gasteiger partial charge is 0.331 e. The van der Waals surface area contributed by atoms with Gasteiger partial charge < -0.3 is 4.90 Å². The normalized spacial score (nSPS) is 14.3. The summed E-state index contributed by atoms with van der Waals surface area (Å²) in [5, 5.41) is 4.34. The van der Waals surface area contributed by atoms with Gasteiger partial charge in [-0.1, -0.05) is 0 Å². The second kappa shape index (κ2) is 4.46. The quantitative estimate of drug-likeness (QED) is 0.778. The van der Waals surface area contributed by atoms with E-state index in [0.29, 0.717) is 19.6 Å². The first-order valence-electron chi connectivity index (χ1n) is 6.06. The van der Waals surface area contributed by atoms with E-state index < -0.39 is 5.82 Å². The van der Waals surface area contributed by atoms with E-state index in [1.807, 2.05) is 17.7 Å². The standard InChI is InChI=1S/C13H13FN4O/c1-9-4-12-8-17(2-3-18(12)16-9)13(19)10-5-11(14)7-15-6-10/h4-7H,2-3,8H2,1H3. The summed E-state index contributed by atoms with van der Waals surface area (Å²) >= 11 is 0. The zero-order chi connectivity index (χ0) is 13.4. The molecule has 5 nitrogen and oxygen atoms in total. The molecule has 1 aliphatic rings. The van der Waals surface area contributed by atoms with Crippen molar-refractivity contribution >= 4 is 5.91 Å².